The third-order valence-electron chi connectivity index (χ3n) is 2.39. The van der Waals surface area contributed by atoms with Crippen LogP contribution in [0.25, 0.3) is 11.3 Å². The van der Waals surface area contributed by atoms with Crippen molar-refractivity contribution in [1.82, 2.24) is 10.5 Å². The van der Waals surface area contributed by atoms with Crippen LogP contribution in [0.15, 0.2) is 41.1 Å². The van der Waals surface area contributed by atoms with Crippen LogP contribution in [0.4, 0.5) is 0 Å². The molecule has 2 aromatic rings. The van der Waals surface area contributed by atoms with E-state index in [-0.39, 0.29) is 5.91 Å². The predicted molar refractivity (Wildman–Crippen MR) is 64.6 cm³/mol. The molecule has 1 aromatic carbocycles. The molecule has 2 rings (SSSR count). The van der Waals surface area contributed by atoms with Gasteiger partial charge in [0.25, 0.3) is 5.91 Å². The number of hydrogen-bond acceptors (Lipinski definition) is 3. The predicted octanol–water partition coefficient (Wildman–Crippen LogP) is 2.48. The molecule has 1 aromatic heterocycles. The van der Waals surface area contributed by atoms with Gasteiger partial charge in [-0.3, -0.25) is 4.79 Å². The molecule has 0 spiro atoms. The first-order valence-corrected chi connectivity index (χ1v) is 5.61. The highest BCUT2D eigenvalue weighted by molar-refractivity contribution is 5.99. The van der Waals surface area contributed by atoms with Gasteiger partial charge in [0.1, 0.15) is 5.56 Å². The van der Waals surface area contributed by atoms with Crippen LogP contribution in [0.2, 0.25) is 0 Å². The normalized spacial score (nSPS) is 10.2. The molecule has 0 aliphatic heterocycles. The summed E-state index contributed by atoms with van der Waals surface area (Å²) in [5.74, 6) is 0.367. The summed E-state index contributed by atoms with van der Waals surface area (Å²) in [6, 6.07) is 9.47. The third-order valence-corrected chi connectivity index (χ3v) is 2.39. The molecule has 17 heavy (non-hydrogen) atoms. The Hall–Kier alpha value is -2.10. The molecule has 0 radical (unpaired) electrons. The van der Waals surface area contributed by atoms with E-state index in [1.165, 1.54) is 6.20 Å². The highest BCUT2D eigenvalue weighted by Crippen LogP contribution is 2.22. The number of nitrogens with one attached hydrogen (secondary N) is 1. The van der Waals surface area contributed by atoms with E-state index in [1.54, 1.807) is 0 Å². The van der Waals surface area contributed by atoms with Gasteiger partial charge in [-0.1, -0.05) is 42.4 Å². The molecule has 4 nitrogen and oxygen atoms in total. The van der Waals surface area contributed by atoms with Crippen LogP contribution >= 0.6 is 0 Å². The molecule has 0 aliphatic carbocycles. The van der Waals surface area contributed by atoms with Crippen molar-refractivity contribution in [3.05, 3.63) is 42.1 Å². The van der Waals surface area contributed by atoms with Crippen LogP contribution in [0.5, 0.6) is 0 Å². The molecule has 0 saturated heterocycles. The van der Waals surface area contributed by atoms with E-state index in [2.05, 4.69) is 10.5 Å². The second kappa shape index (κ2) is 5.30. The Kier molecular flexibility index (Phi) is 3.55. The van der Waals surface area contributed by atoms with E-state index in [4.69, 9.17) is 4.52 Å². The molecular weight excluding hydrogens is 216 g/mol. The monoisotopic (exact) mass is 230 g/mol. The van der Waals surface area contributed by atoms with Gasteiger partial charge in [-0.15, -0.1) is 0 Å². The van der Waals surface area contributed by atoms with E-state index in [0.717, 1.165) is 12.0 Å². The molecule has 0 fully saturated rings. The van der Waals surface area contributed by atoms with E-state index >= 15 is 0 Å². The minimum atomic E-state index is -0.146. The van der Waals surface area contributed by atoms with Crippen LogP contribution in [-0.4, -0.2) is 17.6 Å². The third kappa shape index (κ3) is 2.53. The Morgan fingerprint density at radius 2 is 2.12 bits per heavy atom. The van der Waals surface area contributed by atoms with E-state index in [0.29, 0.717) is 17.9 Å². The SMILES string of the molecule is CCCNC(=O)c1cnoc1-c1ccccc1. The van der Waals surface area contributed by atoms with Gasteiger partial charge in [-0.2, -0.15) is 0 Å². The van der Waals surface area contributed by atoms with E-state index < -0.39 is 0 Å². The number of nitrogens with zero attached hydrogens (tertiary/aromatic N) is 1. The van der Waals surface area contributed by atoms with Crippen molar-refractivity contribution in [2.45, 2.75) is 13.3 Å². The van der Waals surface area contributed by atoms with Crippen molar-refractivity contribution in [2.75, 3.05) is 6.54 Å². The maximum atomic E-state index is 11.8. The zero-order valence-electron chi connectivity index (χ0n) is 9.64. The maximum absolute atomic E-state index is 11.8. The lowest BCUT2D eigenvalue weighted by Crippen LogP contribution is -2.23. The fourth-order valence-electron chi connectivity index (χ4n) is 1.53. The van der Waals surface area contributed by atoms with Crippen molar-refractivity contribution in [1.29, 1.82) is 0 Å². The Balaban J connectivity index is 2.26. The van der Waals surface area contributed by atoms with Crippen LogP contribution in [-0.2, 0) is 0 Å². The fourth-order valence-corrected chi connectivity index (χ4v) is 1.53. The lowest BCUT2D eigenvalue weighted by atomic mass is 10.1. The lowest BCUT2D eigenvalue weighted by Gasteiger charge is -2.02. The summed E-state index contributed by atoms with van der Waals surface area (Å²) in [6.07, 6.45) is 2.35. The number of hydrogen-bond donors (Lipinski definition) is 1. The van der Waals surface area contributed by atoms with Crippen LogP contribution in [0.3, 0.4) is 0 Å². The molecule has 1 amide bonds. The second-order valence-corrected chi connectivity index (χ2v) is 3.69. The van der Waals surface area contributed by atoms with Gasteiger partial charge in [-0.05, 0) is 6.42 Å². The maximum Gasteiger partial charge on any atom is 0.256 e. The molecular formula is C13H14N2O2. The summed E-state index contributed by atoms with van der Waals surface area (Å²) in [4.78, 5) is 11.8. The number of carbonyl (C=O) groups excluding carboxylic acids is 1. The minimum Gasteiger partial charge on any atom is -0.355 e. The Morgan fingerprint density at radius 1 is 1.35 bits per heavy atom. The quantitative estimate of drug-likeness (QED) is 0.877. The molecule has 1 N–H and O–H groups in total. The van der Waals surface area contributed by atoms with Gasteiger partial charge in [-0.25, -0.2) is 0 Å². The summed E-state index contributed by atoms with van der Waals surface area (Å²) in [6.45, 7) is 2.66. The standard InChI is InChI=1S/C13H14N2O2/c1-2-8-14-13(16)11-9-15-17-12(11)10-6-4-3-5-7-10/h3-7,9H,2,8H2,1H3,(H,14,16). The molecule has 0 atom stereocenters. The topological polar surface area (TPSA) is 55.1 Å². The Labute approximate surface area is 99.6 Å². The van der Waals surface area contributed by atoms with Crippen LogP contribution in [0.1, 0.15) is 23.7 Å². The largest absolute Gasteiger partial charge is 0.355 e. The van der Waals surface area contributed by atoms with Crippen molar-refractivity contribution in [3.63, 3.8) is 0 Å². The van der Waals surface area contributed by atoms with Crippen LogP contribution < -0.4 is 5.32 Å². The molecule has 0 unspecified atom stereocenters. The van der Waals surface area contributed by atoms with Crippen molar-refractivity contribution in [2.24, 2.45) is 0 Å². The smallest absolute Gasteiger partial charge is 0.256 e. The molecule has 4 heteroatoms. The summed E-state index contributed by atoms with van der Waals surface area (Å²) >= 11 is 0. The van der Waals surface area contributed by atoms with Gasteiger partial charge in [0.15, 0.2) is 5.76 Å². The first-order chi connectivity index (χ1) is 8.33. The number of amides is 1. The van der Waals surface area contributed by atoms with Crippen molar-refractivity contribution >= 4 is 5.91 Å². The van der Waals surface area contributed by atoms with Gasteiger partial charge < -0.3 is 9.84 Å². The Morgan fingerprint density at radius 3 is 2.82 bits per heavy atom. The Bertz CT molecular complexity index is 491. The van der Waals surface area contributed by atoms with E-state index in [1.807, 2.05) is 37.3 Å². The van der Waals surface area contributed by atoms with Gasteiger partial charge in [0.05, 0.1) is 6.20 Å². The first-order valence-electron chi connectivity index (χ1n) is 5.61. The lowest BCUT2D eigenvalue weighted by molar-refractivity contribution is 0.0954. The van der Waals surface area contributed by atoms with Gasteiger partial charge >= 0.3 is 0 Å². The number of rotatable bonds is 4. The number of aromatic nitrogens is 1. The highest BCUT2D eigenvalue weighted by atomic mass is 16.5. The molecule has 0 saturated carbocycles. The van der Waals surface area contributed by atoms with Crippen molar-refractivity contribution in [3.8, 4) is 11.3 Å². The van der Waals surface area contributed by atoms with Gasteiger partial charge in [0, 0.05) is 12.1 Å². The van der Waals surface area contributed by atoms with Crippen LogP contribution in [0, 0.1) is 0 Å². The first kappa shape index (κ1) is 11.4. The summed E-state index contributed by atoms with van der Waals surface area (Å²) in [5.41, 5.74) is 1.33. The minimum absolute atomic E-state index is 0.146. The zero-order valence-corrected chi connectivity index (χ0v) is 9.64. The second-order valence-electron chi connectivity index (χ2n) is 3.69. The average molecular weight is 230 g/mol. The zero-order chi connectivity index (χ0) is 12.1. The summed E-state index contributed by atoms with van der Waals surface area (Å²) < 4.78 is 5.14. The highest BCUT2D eigenvalue weighted by Gasteiger charge is 2.16. The molecule has 0 bridgehead atoms. The number of carbonyl (C=O) groups is 1. The summed E-state index contributed by atoms with van der Waals surface area (Å²) in [5, 5.41) is 6.50. The van der Waals surface area contributed by atoms with Crippen molar-refractivity contribution < 1.29 is 9.32 Å². The van der Waals surface area contributed by atoms with E-state index in [9.17, 15) is 4.79 Å². The van der Waals surface area contributed by atoms with Gasteiger partial charge in [0.2, 0.25) is 0 Å². The number of benzene rings is 1. The molecule has 1 heterocycles. The average Bonchev–Trinajstić information content (AvgIpc) is 2.86. The molecule has 88 valence electrons. The summed E-state index contributed by atoms with van der Waals surface area (Å²) in [7, 11) is 0. The fraction of sp³-hybridized carbons (Fsp3) is 0.231. The molecule has 0 aliphatic rings.